The van der Waals surface area contributed by atoms with E-state index in [-0.39, 0.29) is 5.65 Å². The number of rotatable bonds is 2. The second kappa shape index (κ2) is 3.74. The van der Waals surface area contributed by atoms with Gasteiger partial charge in [-0.1, -0.05) is 0 Å². The normalized spacial score (nSPS) is 12.5. The molecule has 0 aliphatic rings. The molecule has 0 aliphatic heterocycles. The first-order valence-electron chi connectivity index (χ1n) is 4.77. The first kappa shape index (κ1) is 11.9. The summed E-state index contributed by atoms with van der Waals surface area (Å²) in [5.41, 5.74) is 0.992. The van der Waals surface area contributed by atoms with Gasteiger partial charge >= 0.3 is 10.2 Å². The summed E-state index contributed by atoms with van der Waals surface area (Å²) in [6, 6.07) is 0. The Bertz CT molecular complexity index is 678. The van der Waals surface area contributed by atoms with Gasteiger partial charge in [-0.15, -0.1) is 0 Å². The van der Waals surface area contributed by atoms with Crippen LogP contribution in [-0.4, -0.2) is 40.8 Å². The van der Waals surface area contributed by atoms with Crippen molar-refractivity contribution < 1.29 is 12.8 Å². The van der Waals surface area contributed by atoms with Crippen LogP contribution in [0.2, 0.25) is 0 Å². The summed E-state index contributed by atoms with van der Waals surface area (Å²) < 4.78 is 38.9. The van der Waals surface area contributed by atoms with E-state index >= 15 is 0 Å². The number of hydrogen-bond donors (Lipinski definition) is 0. The number of hydrogen-bond acceptors (Lipinski definition) is 4. The Morgan fingerprint density at radius 2 is 2.06 bits per heavy atom. The zero-order valence-corrected chi connectivity index (χ0v) is 10.4. The smallest absolute Gasteiger partial charge is 0.248 e. The van der Waals surface area contributed by atoms with Gasteiger partial charge in [0.05, 0.1) is 6.20 Å². The molecule has 0 aliphatic carbocycles. The van der Waals surface area contributed by atoms with E-state index in [9.17, 15) is 12.8 Å². The standard InChI is InChI=1S/C9H11FN4O2S/c1-6-5-14(17(15,16)13(2)3)9-8(6)11-4-7(10)12-9/h4-5H,1-3H3. The summed E-state index contributed by atoms with van der Waals surface area (Å²) in [5, 5.41) is 0. The first-order chi connectivity index (χ1) is 7.84. The lowest BCUT2D eigenvalue weighted by Crippen LogP contribution is -2.28. The van der Waals surface area contributed by atoms with Gasteiger partial charge in [0.15, 0.2) is 5.65 Å². The molecule has 0 atom stereocenters. The highest BCUT2D eigenvalue weighted by atomic mass is 32.2. The summed E-state index contributed by atoms with van der Waals surface area (Å²) in [4.78, 5) is 7.41. The fraction of sp³-hybridized carbons (Fsp3) is 0.333. The third kappa shape index (κ3) is 1.79. The van der Waals surface area contributed by atoms with Crippen molar-refractivity contribution in [2.75, 3.05) is 14.1 Å². The minimum absolute atomic E-state index is 0.00352. The largest absolute Gasteiger partial charge is 0.308 e. The monoisotopic (exact) mass is 258 g/mol. The van der Waals surface area contributed by atoms with Crippen molar-refractivity contribution in [3.05, 3.63) is 23.9 Å². The molecule has 0 saturated carbocycles. The van der Waals surface area contributed by atoms with Crippen LogP contribution in [0.1, 0.15) is 5.56 Å². The van der Waals surface area contributed by atoms with Crippen molar-refractivity contribution in [2.24, 2.45) is 0 Å². The third-order valence-electron chi connectivity index (χ3n) is 2.33. The van der Waals surface area contributed by atoms with Crippen LogP contribution in [-0.2, 0) is 10.2 Å². The number of halogens is 1. The summed E-state index contributed by atoms with van der Waals surface area (Å²) in [5.74, 6) is -0.814. The van der Waals surface area contributed by atoms with Crippen molar-refractivity contribution in [1.82, 2.24) is 18.2 Å². The van der Waals surface area contributed by atoms with Crippen molar-refractivity contribution in [3.63, 3.8) is 0 Å². The lowest BCUT2D eigenvalue weighted by Gasteiger charge is -2.12. The van der Waals surface area contributed by atoms with E-state index in [1.165, 1.54) is 20.3 Å². The topological polar surface area (TPSA) is 68.1 Å². The molecule has 0 spiro atoms. The van der Waals surface area contributed by atoms with E-state index in [1.807, 2.05) is 0 Å². The lowest BCUT2D eigenvalue weighted by molar-refractivity contribution is 0.511. The van der Waals surface area contributed by atoms with Gasteiger partial charge in [-0.05, 0) is 12.5 Å². The molecule has 0 saturated heterocycles. The Hall–Kier alpha value is -1.54. The predicted molar refractivity (Wildman–Crippen MR) is 60.2 cm³/mol. The number of aromatic nitrogens is 3. The molecule has 2 heterocycles. The van der Waals surface area contributed by atoms with Crippen LogP contribution in [0.4, 0.5) is 4.39 Å². The minimum Gasteiger partial charge on any atom is -0.248 e. The Kier molecular flexibility index (Phi) is 2.63. The molecule has 6 nitrogen and oxygen atoms in total. The molecule has 2 aromatic heterocycles. The van der Waals surface area contributed by atoms with Crippen molar-refractivity contribution in [1.29, 1.82) is 0 Å². The maximum Gasteiger partial charge on any atom is 0.308 e. The SMILES string of the molecule is Cc1cn(S(=O)(=O)N(C)C)c2nc(F)cnc12. The summed E-state index contributed by atoms with van der Waals surface area (Å²) in [6.07, 6.45) is 2.33. The van der Waals surface area contributed by atoms with Crippen LogP contribution in [0.15, 0.2) is 12.4 Å². The second-order valence-corrected chi connectivity index (χ2v) is 5.78. The van der Waals surface area contributed by atoms with Gasteiger partial charge in [0.1, 0.15) is 5.52 Å². The van der Waals surface area contributed by atoms with Gasteiger partial charge in [0.25, 0.3) is 0 Å². The van der Waals surface area contributed by atoms with Crippen molar-refractivity contribution >= 4 is 21.4 Å². The molecule has 0 aromatic carbocycles. The van der Waals surface area contributed by atoms with E-state index in [4.69, 9.17) is 0 Å². The molecule has 0 bridgehead atoms. The second-order valence-electron chi connectivity index (χ2n) is 3.76. The van der Waals surface area contributed by atoms with E-state index in [2.05, 4.69) is 9.97 Å². The molecule has 0 unspecified atom stereocenters. The van der Waals surface area contributed by atoms with Crippen LogP contribution in [0.5, 0.6) is 0 Å². The molecule has 17 heavy (non-hydrogen) atoms. The lowest BCUT2D eigenvalue weighted by atomic mass is 10.3. The molecular formula is C9H11FN4O2S. The van der Waals surface area contributed by atoms with Gasteiger partial charge in [0.2, 0.25) is 5.95 Å². The average Bonchev–Trinajstić information content (AvgIpc) is 2.56. The molecule has 2 rings (SSSR count). The summed E-state index contributed by atoms with van der Waals surface area (Å²) in [7, 11) is -0.934. The predicted octanol–water partition coefficient (Wildman–Crippen LogP) is 0.533. The maximum atomic E-state index is 13.0. The number of aryl methyl sites for hydroxylation is 1. The van der Waals surface area contributed by atoms with Crippen LogP contribution in [0.3, 0.4) is 0 Å². The molecule has 0 amide bonds. The number of fused-ring (bicyclic) bond motifs is 1. The summed E-state index contributed by atoms with van der Waals surface area (Å²) in [6.45, 7) is 1.69. The van der Waals surface area contributed by atoms with Crippen molar-refractivity contribution in [3.8, 4) is 0 Å². The molecular weight excluding hydrogens is 247 g/mol. The fourth-order valence-corrected chi connectivity index (χ4v) is 2.43. The molecule has 8 heteroatoms. The quantitative estimate of drug-likeness (QED) is 0.788. The van der Waals surface area contributed by atoms with Crippen LogP contribution in [0.25, 0.3) is 11.2 Å². The third-order valence-corrected chi connectivity index (χ3v) is 4.03. The van der Waals surface area contributed by atoms with E-state index < -0.39 is 16.2 Å². The van der Waals surface area contributed by atoms with Gasteiger partial charge in [-0.2, -0.15) is 22.1 Å². The Morgan fingerprint density at radius 1 is 1.41 bits per heavy atom. The highest BCUT2D eigenvalue weighted by Gasteiger charge is 2.21. The Morgan fingerprint density at radius 3 is 2.65 bits per heavy atom. The zero-order valence-electron chi connectivity index (χ0n) is 9.55. The van der Waals surface area contributed by atoms with Gasteiger partial charge < -0.3 is 0 Å². The average molecular weight is 258 g/mol. The molecule has 2 aromatic rings. The van der Waals surface area contributed by atoms with E-state index in [0.717, 1.165) is 14.5 Å². The first-order valence-corrected chi connectivity index (χ1v) is 6.17. The van der Waals surface area contributed by atoms with Crippen LogP contribution < -0.4 is 0 Å². The van der Waals surface area contributed by atoms with Crippen LogP contribution in [0, 0.1) is 12.9 Å². The number of nitrogens with zero attached hydrogens (tertiary/aromatic N) is 4. The van der Waals surface area contributed by atoms with Crippen LogP contribution >= 0.6 is 0 Å². The van der Waals surface area contributed by atoms with Gasteiger partial charge in [-0.25, -0.2) is 8.96 Å². The summed E-state index contributed by atoms with van der Waals surface area (Å²) >= 11 is 0. The molecule has 0 N–H and O–H groups in total. The molecule has 0 radical (unpaired) electrons. The highest BCUT2D eigenvalue weighted by Crippen LogP contribution is 2.19. The van der Waals surface area contributed by atoms with E-state index in [0.29, 0.717) is 11.1 Å². The van der Waals surface area contributed by atoms with Crippen molar-refractivity contribution in [2.45, 2.75) is 6.92 Å². The zero-order chi connectivity index (χ0) is 12.8. The molecule has 92 valence electrons. The molecule has 0 fully saturated rings. The van der Waals surface area contributed by atoms with Gasteiger partial charge in [0, 0.05) is 20.3 Å². The maximum absolute atomic E-state index is 13.0. The van der Waals surface area contributed by atoms with Gasteiger partial charge in [-0.3, -0.25) is 0 Å². The Balaban J connectivity index is 2.84. The minimum atomic E-state index is -3.72. The Labute approximate surface area is 97.9 Å². The van der Waals surface area contributed by atoms with E-state index in [1.54, 1.807) is 6.92 Å². The fourth-order valence-electron chi connectivity index (χ4n) is 1.44. The highest BCUT2D eigenvalue weighted by molar-refractivity contribution is 7.87.